The van der Waals surface area contributed by atoms with Crippen LogP contribution in [0.4, 0.5) is 0 Å². The molecular formula is C30H42N4O6. The molecule has 3 aliphatic rings. The number of amides is 3. The molecule has 0 saturated carbocycles. The molecule has 0 spiro atoms. The first-order valence-corrected chi connectivity index (χ1v) is 14.3. The van der Waals surface area contributed by atoms with Crippen molar-refractivity contribution in [1.82, 2.24) is 20.9 Å². The number of carbonyl (C=O) groups is 4. The Labute approximate surface area is 236 Å². The predicted molar refractivity (Wildman–Crippen MR) is 149 cm³/mol. The van der Waals surface area contributed by atoms with E-state index in [2.05, 4.69) is 22.0 Å². The number of ketones is 1. The quantitative estimate of drug-likeness (QED) is 0.233. The normalized spacial score (nSPS) is 22.9. The highest BCUT2D eigenvalue weighted by atomic mass is 16.6. The summed E-state index contributed by atoms with van der Waals surface area (Å²) in [5.41, 5.74) is 1.31. The fourth-order valence-corrected chi connectivity index (χ4v) is 5.12. The molecule has 40 heavy (non-hydrogen) atoms. The van der Waals surface area contributed by atoms with Gasteiger partial charge in [0.05, 0.1) is 32.4 Å². The van der Waals surface area contributed by atoms with E-state index in [0.717, 1.165) is 30.4 Å². The van der Waals surface area contributed by atoms with Gasteiger partial charge in [-0.2, -0.15) is 0 Å². The summed E-state index contributed by atoms with van der Waals surface area (Å²) < 4.78 is 10.7. The number of epoxide rings is 1. The van der Waals surface area contributed by atoms with Crippen LogP contribution in [0.3, 0.4) is 0 Å². The molecule has 1 aromatic carbocycles. The standard InChI is InChI=1S/C30H42N4O6/c1-21(31-26(35)19-34-14-16-39-17-15-34)28(37)32-24(13-12-22-8-4-3-5-9-22)29(38)33-25(18-23-10-6-7-11-23)27(36)30(2)20-40-30/h3-5,8-10,21,24-25H,6-7,11-20H2,1-2H3,(H,31,35)(H,32,37)(H,33,38). The average Bonchev–Trinajstić information content (AvgIpc) is 3.49. The molecule has 2 heterocycles. The molecule has 2 saturated heterocycles. The minimum Gasteiger partial charge on any atom is -0.379 e. The Morgan fingerprint density at radius 3 is 2.35 bits per heavy atom. The first-order chi connectivity index (χ1) is 19.2. The van der Waals surface area contributed by atoms with Crippen molar-refractivity contribution in [3.8, 4) is 0 Å². The van der Waals surface area contributed by atoms with Crippen molar-refractivity contribution < 1.29 is 28.7 Å². The van der Waals surface area contributed by atoms with Crippen LogP contribution in [0.5, 0.6) is 0 Å². The Kier molecular flexibility index (Phi) is 10.5. The van der Waals surface area contributed by atoms with E-state index in [1.807, 2.05) is 35.2 Å². The first-order valence-electron chi connectivity index (χ1n) is 14.3. The van der Waals surface area contributed by atoms with Gasteiger partial charge in [-0.05, 0) is 57.9 Å². The molecule has 1 aliphatic carbocycles. The summed E-state index contributed by atoms with van der Waals surface area (Å²) in [4.78, 5) is 54.5. The Hall–Kier alpha value is -3.08. The van der Waals surface area contributed by atoms with Gasteiger partial charge in [0.1, 0.15) is 17.7 Å². The third kappa shape index (κ3) is 8.71. The van der Waals surface area contributed by atoms with Gasteiger partial charge >= 0.3 is 0 Å². The third-order valence-electron chi connectivity index (χ3n) is 7.77. The predicted octanol–water partition coefficient (Wildman–Crippen LogP) is 1.28. The molecule has 4 unspecified atom stereocenters. The van der Waals surface area contributed by atoms with Crippen LogP contribution in [-0.2, 0) is 35.1 Å². The molecule has 10 heteroatoms. The summed E-state index contributed by atoms with van der Waals surface area (Å²) in [6.07, 6.45) is 6.41. The Morgan fingerprint density at radius 2 is 1.70 bits per heavy atom. The Morgan fingerprint density at radius 1 is 1.00 bits per heavy atom. The molecule has 2 aliphatic heterocycles. The van der Waals surface area contributed by atoms with Gasteiger partial charge in [0, 0.05) is 13.1 Å². The molecule has 0 aromatic heterocycles. The van der Waals surface area contributed by atoms with Crippen LogP contribution in [-0.4, -0.2) is 91.6 Å². The molecule has 0 radical (unpaired) electrons. The van der Waals surface area contributed by atoms with Crippen molar-refractivity contribution in [2.75, 3.05) is 39.5 Å². The molecule has 10 nitrogen and oxygen atoms in total. The van der Waals surface area contributed by atoms with Gasteiger partial charge in [0.25, 0.3) is 0 Å². The van der Waals surface area contributed by atoms with E-state index in [9.17, 15) is 19.2 Å². The molecule has 218 valence electrons. The van der Waals surface area contributed by atoms with Crippen LogP contribution in [0.25, 0.3) is 0 Å². The van der Waals surface area contributed by atoms with Crippen LogP contribution in [0.15, 0.2) is 42.0 Å². The van der Waals surface area contributed by atoms with Gasteiger partial charge in [0.2, 0.25) is 17.7 Å². The molecule has 3 amide bonds. The number of Topliss-reactive ketones (excluding diaryl/α,β-unsaturated/α-hetero) is 1. The maximum atomic E-state index is 13.6. The van der Waals surface area contributed by atoms with Crippen molar-refractivity contribution in [1.29, 1.82) is 0 Å². The van der Waals surface area contributed by atoms with Gasteiger partial charge in [-0.3, -0.25) is 24.1 Å². The van der Waals surface area contributed by atoms with E-state index in [1.165, 1.54) is 0 Å². The second-order valence-corrected chi connectivity index (χ2v) is 11.2. The molecule has 4 atom stereocenters. The summed E-state index contributed by atoms with van der Waals surface area (Å²) in [6, 6.07) is 7.26. The number of aryl methyl sites for hydroxylation is 1. The fraction of sp³-hybridized carbons (Fsp3) is 0.600. The van der Waals surface area contributed by atoms with Crippen LogP contribution in [0.1, 0.15) is 51.5 Å². The fourth-order valence-electron chi connectivity index (χ4n) is 5.12. The van der Waals surface area contributed by atoms with E-state index >= 15 is 0 Å². The zero-order valence-electron chi connectivity index (χ0n) is 23.6. The number of morpholine rings is 1. The van der Waals surface area contributed by atoms with Crippen molar-refractivity contribution in [2.24, 2.45) is 0 Å². The molecule has 3 N–H and O–H groups in total. The zero-order chi connectivity index (χ0) is 28.5. The number of nitrogens with one attached hydrogen (secondary N) is 3. The van der Waals surface area contributed by atoms with Gasteiger partial charge in [0.15, 0.2) is 5.78 Å². The number of ether oxygens (including phenoxy) is 2. The lowest BCUT2D eigenvalue weighted by molar-refractivity contribution is -0.134. The highest BCUT2D eigenvalue weighted by molar-refractivity contribution is 5.98. The second-order valence-electron chi connectivity index (χ2n) is 11.2. The van der Waals surface area contributed by atoms with Crippen LogP contribution >= 0.6 is 0 Å². The first kappa shape index (κ1) is 29.9. The number of nitrogens with zero attached hydrogens (tertiary/aromatic N) is 1. The summed E-state index contributed by atoms with van der Waals surface area (Å²) in [7, 11) is 0. The monoisotopic (exact) mass is 554 g/mol. The van der Waals surface area contributed by atoms with Gasteiger partial charge < -0.3 is 25.4 Å². The van der Waals surface area contributed by atoms with Gasteiger partial charge in [-0.15, -0.1) is 0 Å². The van der Waals surface area contributed by atoms with Crippen molar-refractivity contribution in [2.45, 2.75) is 76.1 Å². The maximum Gasteiger partial charge on any atom is 0.243 e. The van der Waals surface area contributed by atoms with E-state index in [4.69, 9.17) is 9.47 Å². The molecule has 2 fully saturated rings. The lowest BCUT2D eigenvalue weighted by Gasteiger charge is -2.27. The van der Waals surface area contributed by atoms with E-state index in [-0.39, 0.29) is 18.2 Å². The van der Waals surface area contributed by atoms with Gasteiger partial charge in [-0.25, -0.2) is 0 Å². The van der Waals surface area contributed by atoms with Crippen LogP contribution < -0.4 is 16.0 Å². The minimum atomic E-state index is -0.882. The molecular weight excluding hydrogens is 512 g/mol. The highest BCUT2D eigenvalue weighted by Gasteiger charge is 2.50. The van der Waals surface area contributed by atoms with E-state index in [1.54, 1.807) is 13.8 Å². The van der Waals surface area contributed by atoms with Gasteiger partial charge in [-0.1, -0.05) is 42.0 Å². The number of carbonyl (C=O) groups excluding carboxylic acids is 4. The summed E-state index contributed by atoms with van der Waals surface area (Å²) in [5.74, 6) is -1.28. The minimum absolute atomic E-state index is 0.148. The summed E-state index contributed by atoms with van der Waals surface area (Å²) >= 11 is 0. The number of allylic oxidation sites excluding steroid dienone is 1. The lowest BCUT2D eigenvalue weighted by Crippen LogP contribution is -2.56. The molecule has 0 bridgehead atoms. The number of hydrogen-bond acceptors (Lipinski definition) is 7. The van der Waals surface area contributed by atoms with Crippen molar-refractivity contribution >= 4 is 23.5 Å². The number of benzene rings is 1. The topological polar surface area (TPSA) is 129 Å². The Balaban J connectivity index is 1.40. The average molecular weight is 555 g/mol. The molecule has 4 rings (SSSR count). The summed E-state index contributed by atoms with van der Waals surface area (Å²) in [5, 5.41) is 8.50. The second kappa shape index (κ2) is 14.0. The van der Waals surface area contributed by atoms with Crippen LogP contribution in [0, 0.1) is 0 Å². The number of hydrogen-bond donors (Lipinski definition) is 3. The van der Waals surface area contributed by atoms with E-state index in [0.29, 0.717) is 52.2 Å². The van der Waals surface area contributed by atoms with Crippen LogP contribution in [0.2, 0.25) is 0 Å². The highest BCUT2D eigenvalue weighted by Crippen LogP contribution is 2.31. The van der Waals surface area contributed by atoms with Crippen molar-refractivity contribution in [3.05, 3.63) is 47.5 Å². The SMILES string of the molecule is CC(NC(=O)CN1CCOCC1)C(=O)NC(CCc1ccccc1)C(=O)NC(CC1=CCCC1)C(=O)C1(C)CO1. The Bertz CT molecular complexity index is 1080. The third-order valence-corrected chi connectivity index (χ3v) is 7.77. The maximum absolute atomic E-state index is 13.6. The largest absolute Gasteiger partial charge is 0.379 e. The zero-order valence-corrected chi connectivity index (χ0v) is 23.6. The number of rotatable bonds is 14. The van der Waals surface area contributed by atoms with E-state index < -0.39 is 35.5 Å². The molecule has 1 aromatic rings. The smallest absolute Gasteiger partial charge is 0.243 e. The lowest BCUT2D eigenvalue weighted by atomic mass is 9.94. The van der Waals surface area contributed by atoms with Crippen molar-refractivity contribution in [3.63, 3.8) is 0 Å². The summed E-state index contributed by atoms with van der Waals surface area (Å²) in [6.45, 7) is 6.34.